The molecule has 0 fully saturated rings. The minimum Gasteiger partial charge on any atom is -0.457 e. The average Bonchev–Trinajstić information content (AvgIpc) is 3.82. The third-order valence-electron chi connectivity index (χ3n) is 12.7. The van der Waals surface area contributed by atoms with Crippen LogP contribution >= 0.6 is 0 Å². The zero-order valence-electron chi connectivity index (χ0n) is 32.8. The Labute approximate surface area is 351 Å². The van der Waals surface area contributed by atoms with Crippen molar-refractivity contribution < 1.29 is 4.74 Å². The Morgan fingerprint density at radius 3 is 1.66 bits per heavy atom. The van der Waals surface area contributed by atoms with Crippen molar-refractivity contribution in [2.24, 2.45) is 0 Å². The number of benzene rings is 9. The van der Waals surface area contributed by atoms with Gasteiger partial charge >= 0.3 is 0 Å². The molecule has 0 saturated carbocycles. The lowest BCUT2D eigenvalue weighted by Crippen LogP contribution is -2.32. The van der Waals surface area contributed by atoms with Crippen molar-refractivity contribution in [3.05, 3.63) is 229 Å². The Hall–Kier alpha value is -8.15. The number of rotatable bonds is 4. The molecule has 0 N–H and O–H groups in total. The molecule has 61 heavy (non-hydrogen) atoms. The summed E-state index contributed by atoms with van der Waals surface area (Å²) in [6, 6.07) is 73.1. The Balaban J connectivity index is 1.09. The predicted octanol–water partition coefficient (Wildman–Crippen LogP) is 13.6. The second-order valence-corrected chi connectivity index (χ2v) is 15.9. The van der Waals surface area contributed by atoms with Gasteiger partial charge in [0.2, 0.25) is 0 Å². The molecule has 0 atom stereocenters. The lowest BCUT2D eigenvalue weighted by Gasteiger charge is -2.39. The van der Waals surface area contributed by atoms with Gasteiger partial charge in [0.25, 0.3) is 0 Å². The first-order valence-corrected chi connectivity index (χ1v) is 20.7. The molecule has 9 aromatic carbocycles. The van der Waals surface area contributed by atoms with Gasteiger partial charge in [-0.3, -0.25) is 0 Å². The molecule has 3 heterocycles. The van der Waals surface area contributed by atoms with E-state index < -0.39 is 5.41 Å². The summed E-state index contributed by atoms with van der Waals surface area (Å²) in [7, 11) is 0. The Morgan fingerprint density at radius 2 is 0.951 bits per heavy atom. The van der Waals surface area contributed by atoms with E-state index in [4.69, 9.17) is 19.7 Å². The zero-order valence-corrected chi connectivity index (χ0v) is 32.8. The molecule has 0 unspecified atom stereocenters. The number of hydrogen-bond acceptors (Lipinski definition) is 4. The van der Waals surface area contributed by atoms with Gasteiger partial charge in [-0.15, -0.1) is 0 Å². The van der Waals surface area contributed by atoms with Crippen LogP contribution in [0.2, 0.25) is 0 Å². The lowest BCUT2D eigenvalue weighted by molar-refractivity contribution is 0.437. The molecule has 0 radical (unpaired) electrons. The highest BCUT2D eigenvalue weighted by atomic mass is 16.5. The number of para-hydroxylation sites is 1. The maximum absolute atomic E-state index is 7.04. The molecule has 13 rings (SSSR count). The third kappa shape index (κ3) is 4.86. The maximum Gasteiger partial charge on any atom is 0.164 e. The molecule has 2 aliphatic rings. The Kier molecular flexibility index (Phi) is 7.16. The number of hydrogen-bond donors (Lipinski definition) is 0. The molecule has 0 amide bonds. The van der Waals surface area contributed by atoms with E-state index in [1.807, 2.05) is 60.7 Å². The van der Waals surface area contributed by atoms with Crippen LogP contribution in [0.15, 0.2) is 206 Å². The van der Waals surface area contributed by atoms with Crippen molar-refractivity contribution in [3.63, 3.8) is 0 Å². The van der Waals surface area contributed by atoms with Gasteiger partial charge in [0, 0.05) is 50.3 Å². The summed E-state index contributed by atoms with van der Waals surface area (Å²) in [6.45, 7) is 0. The van der Waals surface area contributed by atoms with E-state index in [9.17, 15) is 0 Å². The van der Waals surface area contributed by atoms with Crippen molar-refractivity contribution in [1.29, 1.82) is 0 Å². The second-order valence-electron chi connectivity index (χ2n) is 15.9. The summed E-state index contributed by atoms with van der Waals surface area (Å²) < 4.78 is 9.42. The molecule has 5 heteroatoms. The van der Waals surface area contributed by atoms with Crippen LogP contribution in [0.4, 0.5) is 0 Å². The van der Waals surface area contributed by atoms with Crippen LogP contribution in [0.5, 0.6) is 11.5 Å². The van der Waals surface area contributed by atoms with E-state index in [0.29, 0.717) is 17.5 Å². The minimum atomic E-state index is -0.573. The highest BCUT2D eigenvalue weighted by Gasteiger charge is 2.51. The van der Waals surface area contributed by atoms with Gasteiger partial charge in [-0.1, -0.05) is 170 Å². The Bertz CT molecular complexity index is 3470. The van der Waals surface area contributed by atoms with Crippen LogP contribution in [0.25, 0.3) is 83.6 Å². The largest absolute Gasteiger partial charge is 0.457 e. The van der Waals surface area contributed by atoms with Gasteiger partial charge in [0.05, 0.1) is 16.4 Å². The van der Waals surface area contributed by atoms with Gasteiger partial charge in [-0.2, -0.15) is 0 Å². The normalized spacial score (nSPS) is 13.2. The summed E-state index contributed by atoms with van der Waals surface area (Å²) in [5, 5.41) is 4.77. The quantitative estimate of drug-likeness (QED) is 0.179. The highest BCUT2D eigenvalue weighted by Crippen LogP contribution is 2.62. The number of nitrogens with zero attached hydrogens (tertiary/aromatic N) is 4. The molecule has 11 aromatic rings. The highest BCUT2D eigenvalue weighted by molar-refractivity contribution is 6.22. The van der Waals surface area contributed by atoms with E-state index in [1.165, 1.54) is 38.4 Å². The predicted molar refractivity (Wildman–Crippen MR) is 245 cm³/mol. The van der Waals surface area contributed by atoms with Crippen LogP contribution in [0.3, 0.4) is 0 Å². The summed E-state index contributed by atoms with van der Waals surface area (Å²) in [4.78, 5) is 15.1. The molecule has 0 saturated heterocycles. The van der Waals surface area contributed by atoms with Crippen LogP contribution in [-0.4, -0.2) is 19.5 Å². The van der Waals surface area contributed by atoms with Gasteiger partial charge in [-0.05, 0) is 63.4 Å². The maximum atomic E-state index is 7.04. The van der Waals surface area contributed by atoms with Crippen molar-refractivity contribution in [2.75, 3.05) is 0 Å². The molecular formula is C56H34N4O. The second kappa shape index (κ2) is 12.9. The first-order valence-electron chi connectivity index (χ1n) is 20.7. The Morgan fingerprint density at radius 1 is 0.377 bits per heavy atom. The minimum absolute atomic E-state index is 0.573. The van der Waals surface area contributed by atoms with Crippen LogP contribution in [-0.2, 0) is 5.41 Å². The van der Waals surface area contributed by atoms with Crippen LogP contribution < -0.4 is 4.74 Å². The molecule has 1 aliphatic heterocycles. The summed E-state index contributed by atoms with van der Waals surface area (Å²) in [5.74, 6) is 3.59. The smallest absolute Gasteiger partial charge is 0.164 e. The van der Waals surface area contributed by atoms with Crippen LogP contribution in [0, 0.1) is 0 Å². The molecule has 284 valence electrons. The molecule has 5 nitrogen and oxygen atoms in total. The summed E-state index contributed by atoms with van der Waals surface area (Å²) in [6.07, 6.45) is 0. The lowest BCUT2D eigenvalue weighted by atomic mass is 9.66. The molecular weight excluding hydrogens is 745 g/mol. The van der Waals surface area contributed by atoms with E-state index in [2.05, 4.69) is 150 Å². The van der Waals surface area contributed by atoms with Gasteiger partial charge in [-0.25, -0.2) is 15.0 Å². The van der Waals surface area contributed by atoms with Crippen molar-refractivity contribution in [2.45, 2.75) is 5.41 Å². The average molecular weight is 779 g/mol. The van der Waals surface area contributed by atoms with Gasteiger partial charge in [0.1, 0.15) is 11.5 Å². The summed E-state index contributed by atoms with van der Waals surface area (Å²) in [5.41, 5.74) is 12.7. The molecule has 1 spiro atoms. The fourth-order valence-corrected chi connectivity index (χ4v) is 10.1. The SMILES string of the molecule is c1ccc(-c2nc(-c3ccccc3)nc(-c3cccc(-n4c5cc6c(cc5c5c7ccccc7ccc54)C4(c5ccccc5O6)c5ccccc5-c5ccccc54)c3)n2)cc1. The third-order valence-corrected chi connectivity index (χ3v) is 12.7. The van der Waals surface area contributed by atoms with E-state index in [-0.39, 0.29) is 0 Å². The van der Waals surface area contributed by atoms with Crippen molar-refractivity contribution in [1.82, 2.24) is 19.5 Å². The number of fused-ring (bicyclic) bond motifs is 14. The van der Waals surface area contributed by atoms with Gasteiger partial charge < -0.3 is 9.30 Å². The van der Waals surface area contributed by atoms with E-state index in [1.54, 1.807) is 0 Å². The first kappa shape index (κ1) is 33.8. The summed E-state index contributed by atoms with van der Waals surface area (Å²) >= 11 is 0. The number of ether oxygens (including phenoxy) is 1. The van der Waals surface area contributed by atoms with Crippen molar-refractivity contribution in [3.8, 4) is 62.5 Å². The van der Waals surface area contributed by atoms with E-state index in [0.717, 1.165) is 61.4 Å². The molecule has 1 aliphatic carbocycles. The molecule has 0 bridgehead atoms. The number of aromatic nitrogens is 4. The monoisotopic (exact) mass is 778 g/mol. The fraction of sp³-hybridized carbons (Fsp3) is 0.0179. The van der Waals surface area contributed by atoms with E-state index >= 15 is 0 Å². The van der Waals surface area contributed by atoms with Crippen LogP contribution in [0.1, 0.15) is 22.3 Å². The fourth-order valence-electron chi connectivity index (χ4n) is 10.1. The topological polar surface area (TPSA) is 52.8 Å². The van der Waals surface area contributed by atoms with Crippen molar-refractivity contribution >= 4 is 32.6 Å². The van der Waals surface area contributed by atoms with Gasteiger partial charge in [0.15, 0.2) is 17.5 Å². The zero-order chi connectivity index (χ0) is 40.1. The molecule has 2 aromatic heterocycles. The standard InChI is InChI=1S/C56H34N4O/c1-3-17-36(18-4-1)53-57-54(37-19-5-2-6-20-37)59-55(58-53)38-21-15-22-39(32-38)60-48-31-30-35-16-7-8-23-40(35)52(48)43-33-47-51(34-49(43)60)61-50-29-14-13-28-46(50)56(47)44-26-11-9-24-41(44)42-25-10-12-27-45(42)56/h1-34H. The first-order chi connectivity index (χ1) is 30.2.